The van der Waals surface area contributed by atoms with Crippen LogP contribution in [0.25, 0.3) is 11.1 Å². The van der Waals surface area contributed by atoms with Crippen molar-refractivity contribution in [2.75, 3.05) is 26.3 Å². The lowest BCUT2D eigenvalue weighted by atomic mass is 9.98. The molecule has 0 aromatic heterocycles. The van der Waals surface area contributed by atoms with Crippen molar-refractivity contribution >= 4 is 29.9 Å². The first-order valence-corrected chi connectivity index (χ1v) is 18.3. The number of benzene rings is 4. The monoisotopic (exact) mass is 764 g/mol. The quantitative estimate of drug-likeness (QED) is 0.0615. The van der Waals surface area contributed by atoms with E-state index in [1.807, 2.05) is 84.9 Å². The van der Waals surface area contributed by atoms with E-state index in [2.05, 4.69) is 26.9 Å². The van der Waals surface area contributed by atoms with Crippen LogP contribution in [0.5, 0.6) is 0 Å². The third-order valence-electron chi connectivity index (χ3n) is 8.64. The number of amides is 5. The maximum atomic E-state index is 13.8. The Hall–Kier alpha value is -6.25. The van der Waals surface area contributed by atoms with Crippen molar-refractivity contribution in [2.45, 2.75) is 57.9 Å². The van der Waals surface area contributed by atoms with Crippen LogP contribution >= 0.6 is 0 Å². The number of nitrogens with one attached hydrogen (secondary N) is 5. The molecule has 0 aliphatic heterocycles. The molecule has 0 heterocycles. The first-order valence-electron chi connectivity index (χ1n) is 18.3. The molecule has 56 heavy (non-hydrogen) atoms. The van der Waals surface area contributed by atoms with Gasteiger partial charge in [0.2, 0.25) is 5.91 Å². The van der Waals surface area contributed by atoms with E-state index in [4.69, 9.17) is 14.2 Å². The smallest absolute Gasteiger partial charge is 0.426 e. The second-order valence-corrected chi connectivity index (χ2v) is 14.0. The first kappa shape index (κ1) is 40.9. The summed E-state index contributed by atoms with van der Waals surface area (Å²) in [4.78, 5) is 65.0. The van der Waals surface area contributed by atoms with Gasteiger partial charge in [-0.15, -0.1) is 0 Å². The number of nitrogens with zero attached hydrogens (tertiary/aromatic N) is 1. The van der Waals surface area contributed by atoms with E-state index < -0.39 is 48.1 Å². The molecule has 4 aromatic rings. The molecule has 5 amide bonds. The second-order valence-electron chi connectivity index (χ2n) is 14.0. The molecular formula is C42H48N6O8. The number of carbonyl (C=O) groups excluding carboxylic acids is 5. The molecule has 0 bridgehead atoms. The summed E-state index contributed by atoms with van der Waals surface area (Å²) in [6.45, 7) is 4.90. The van der Waals surface area contributed by atoms with Crippen LogP contribution in [-0.2, 0) is 41.7 Å². The number of rotatable bonds is 16. The van der Waals surface area contributed by atoms with Crippen LogP contribution in [0.15, 0.2) is 109 Å². The van der Waals surface area contributed by atoms with Crippen molar-refractivity contribution in [3.05, 3.63) is 131 Å². The third kappa shape index (κ3) is 12.4. The van der Waals surface area contributed by atoms with Gasteiger partial charge in [-0.2, -0.15) is 0 Å². The predicted octanol–water partition coefficient (Wildman–Crippen LogP) is 4.71. The largest absolute Gasteiger partial charge is 0.461 e. The molecule has 1 atom stereocenters. The highest BCUT2D eigenvalue weighted by Crippen LogP contribution is 2.44. The van der Waals surface area contributed by atoms with Crippen LogP contribution in [0.4, 0.5) is 9.59 Å². The van der Waals surface area contributed by atoms with Gasteiger partial charge in [0.1, 0.15) is 19.3 Å². The standard InChI is InChI=1S/C42H48N6O8/c1-42(2,3)56-28-36(39(51)43-24-37(49)46-44-23-22-38(50)54-26-30-16-8-5-9-17-30)45-40(52)48(25-29-14-6-4-7-15-29)47-41(53)55-27-35-33-20-12-10-18-31(33)32-19-11-13-21-34(32)35/h4-21,35-36,44H,22-28H2,1-3H3,(H,43,51)(H,45,52)(H,46,49)(H,47,53). The Morgan fingerprint density at radius 1 is 0.750 bits per heavy atom. The van der Waals surface area contributed by atoms with Gasteiger partial charge in [-0.1, -0.05) is 109 Å². The average molecular weight is 765 g/mol. The molecule has 1 unspecified atom stereocenters. The Bertz CT molecular complexity index is 1910. The van der Waals surface area contributed by atoms with Crippen molar-refractivity contribution in [3.63, 3.8) is 0 Å². The number of hydrogen-bond acceptors (Lipinski definition) is 9. The molecule has 14 heteroatoms. The summed E-state index contributed by atoms with van der Waals surface area (Å²) in [5.41, 5.74) is 12.7. The number of esters is 1. The molecule has 0 radical (unpaired) electrons. The number of carbonyl (C=O) groups is 5. The Kier molecular flexibility index (Phi) is 14.5. The number of fused-ring (bicyclic) bond motifs is 3. The zero-order valence-corrected chi connectivity index (χ0v) is 31.7. The minimum absolute atomic E-state index is 0.00127. The summed E-state index contributed by atoms with van der Waals surface area (Å²) >= 11 is 0. The Morgan fingerprint density at radius 3 is 1.96 bits per heavy atom. The molecule has 0 saturated carbocycles. The zero-order valence-electron chi connectivity index (χ0n) is 31.7. The minimum Gasteiger partial charge on any atom is -0.461 e. The van der Waals surface area contributed by atoms with Crippen LogP contribution in [-0.4, -0.2) is 72.9 Å². The first-order chi connectivity index (χ1) is 27.0. The highest BCUT2D eigenvalue weighted by atomic mass is 16.6. The van der Waals surface area contributed by atoms with E-state index in [1.165, 1.54) is 0 Å². The topological polar surface area (TPSA) is 176 Å². The molecule has 0 saturated heterocycles. The molecule has 14 nitrogen and oxygen atoms in total. The number of hydrogen-bond donors (Lipinski definition) is 5. The molecule has 0 spiro atoms. The van der Waals surface area contributed by atoms with Crippen molar-refractivity contribution < 1.29 is 38.2 Å². The fourth-order valence-corrected chi connectivity index (χ4v) is 5.88. The average Bonchev–Trinajstić information content (AvgIpc) is 3.52. The normalized spacial score (nSPS) is 12.3. The van der Waals surface area contributed by atoms with Gasteiger partial charge in [-0.3, -0.25) is 19.8 Å². The van der Waals surface area contributed by atoms with Crippen LogP contribution < -0.4 is 26.9 Å². The fourth-order valence-electron chi connectivity index (χ4n) is 5.88. The predicted molar refractivity (Wildman–Crippen MR) is 208 cm³/mol. The van der Waals surface area contributed by atoms with E-state index in [0.717, 1.165) is 32.8 Å². The van der Waals surface area contributed by atoms with Crippen molar-refractivity contribution in [3.8, 4) is 11.1 Å². The maximum Gasteiger partial charge on any atom is 0.426 e. The van der Waals surface area contributed by atoms with Gasteiger partial charge in [-0.25, -0.2) is 25.4 Å². The molecule has 5 N–H and O–H groups in total. The van der Waals surface area contributed by atoms with E-state index in [9.17, 15) is 24.0 Å². The third-order valence-corrected chi connectivity index (χ3v) is 8.64. The van der Waals surface area contributed by atoms with Gasteiger partial charge in [-0.05, 0) is 54.2 Å². The molecule has 294 valence electrons. The minimum atomic E-state index is -1.26. The van der Waals surface area contributed by atoms with Gasteiger partial charge in [0.25, 0.3) is 5.91 Å². The second kappa shape index (κ2) is 19.9. The number of urea groups is 1. The van der Waals surface area contributed by atoms with Crippen molar-refractivity contribution in [2.24, 2.45) is 0 Å². The van der Waals surface area contributed by atoms with E-state index in [-0.39, 0.29) is 45.2 Å². The highest BCUT2D eigenvalue weighted by Gasteiger charge is 2.31. The Labute approximate surface area is 326 Å². The number of hydrazine groups is 2. The summed E-state index contributed by atoms with van der Waals surface area (Å²) in [5.74, 6) is -1.94. The van der Waals surface area contributed by atoms with E-state index >= 15 is 0 Å². The van der Waals surface area contributed by atoms with Gasteiger partial charge < -0.3 is 24.8 Å². The number of ether oxygens (including phenoxy) is 3. The molecular weight excluding hydrogens is 716 g/mol. The highest BCUT2D eigenvalue weighted by molar-refractivity contribution is 5.90. The molecule has 1 aliphatic carbocycles. The van der Waals surface area contributed by atoms with Gasteiger partial charge in [0, 0.05) is 12.5 Å². The van der Waals surface area contributed by atoms with Crippen molar-refractivity contribution in [1.29, 1.82) is 0 Å². The van der Waals surface area contributed by atoms with Crippen LogP contribution in [0, 0.1) is 0 Å². The lowest BCUT2D eigenvalue weighted by molar-refractivity contribution is -0.145. The Morgan fingerprint density at radius 2 is 1.34 bits per heavy atom. The SMILES string of the molecule is CC(C)(C)OCC(NC(=O)N(Cc1ccccc1)NC(=O)OCC1c2ccccc2-c2ccccc21)C(=O)NCC(=O)NNCCC(=O)OCc1ccccc1. The summed E-state index contributed by atoms with van der Waals surface area (Å²) in [7, 11) is 0. The molecule has 5 rings (SSSR count). The molecule has 1 aliphatic rings. The van der Waals surface area contributed by atoms with E-state index in [0.29, 0.717) is 5.56 Å². The van der Waals surface area contributed by atoms with E-state index in [1.54, 1.807) is 45.0 Å². The maximum absolute atomic E-state index is 13.8. The molecule has 0 fully saturated rings. The summed E-state index contributed by atoms with van der Waals surface area (Å²) in [6.07, 6.45) is -0.861. The van der Waals surface area contributed by atoms with Crippen molar-refractivity contribution in [1.82, 2.24) is 31.9 Å². The molecule has 4 aromatic carbocycles. The van der Waals surface area contributed by atoms with Gasteiger partial charge in [0.15, 0.2) is 0 Å². The summed E-state index contributed by atoms with van der Waals surface area (Å²) < 4.78 is 16.8. The lowest BCUT2D eigenvalue weighted by Crippen LogP contribution is -2.58. The summed E-state index contributed by atoms with van der Waals surface area (Å²) in [5, 5.41) is 6.15. The van der Waals surface area contributed by atoms with Crippen LogP contribution in [0.1, 0.15) is 55.4 Å². The summed E-state index contributed by atoms with van der Waals surface area (Å²) in [6, 6.07) is 32.1. The Balaban J connectivity index is 1.15. The lowest BCUT2D eigenvalue weighted by Gasteiger charge is -2.28. The van der Waals surface area contributed by atoms with Gasteiger partial charge >= 0.3 is 18.1 Å². The van der Waals surface area contributed by atoms with Crippen LogP contribution in [0.2, 0.25) is 0 Å². The fraction of sp³-hybridized carbons (Fsp3) is 0.310. The van der Waals surface area contributed by atoms with Gasteiger partial charge in [0.05, 0.1) is 31.7 Å². The zero-order chi connectivity index (χ0) is 39.9. The van der Waals surface area contributed by atoms with Crippen LogP contribution in [0.3, 0.4) is 0 Å².